The first-order chi connectivity index (χ1) is 16.5. The smallest absolute Gasteiger partial charge is 0.362 e. The molecule has 3 aliphatic heterocycles. The molecule has 2 N–H and O–H groups in total. The molecule has 2 aromatic rings. The van der Waals surface area contributed by atoms with E-state index in [0.29, 0.717) is 23.3 Å². The molecule has 35 heavy (non-hydrogen) atoms. The van der Waals surface area contributed by atoms with Gasteiger partial charge >= 0.3 is 6.18 Å². The molecule has 0 saturated carbocycles. The van der Waals surface area contributed by atoms with Gasteiger partial charge in [-0.25, -0.2) is 0 Å². The Hall–Kier alpha value is -3.49. The van der Waals surface area contributed by atoms with E-state index in [1.807, 2.05) is 58.0 Å². The third-order valence-corrected chi connectivity index (χ3v) is 6.98. The van der Waals surface area contributed by atoms with Crippen molar-refractivity contribution in [2.24, 2.45) is 10.2 Å². The maximum atomic E-state index is 14.2. The summed E-state index contributed by atoms with van der Waals surface area (Å²) in [6.07, 6.45) is -3.32. The number of carbonyl (C=O) groups is 1. The molecule has 1 unspecified atom stereocenters. The summed E-state index contributed by atoms with van der Waals surface area (Å²) in [7, 11) is 0. The molecular formula is C26H26F3N5O. The summed E-state index contributed by atoms with van der Waals surface area (Å²) < 4.78 is 42.6. The van der Waals surface area contributed by atoms with E-state index in [9.17, 15) is 18.0 Å². The number of amides is 1. The minimum atomic E-state index is -4.71. The molecule has 0 radical (unpaired) electrons. The average molecular weight is 482 g/mol. The number of rotatable bonds is 3. The Morgan fingerprint density at radius 2 is 1.89 bits per heavy atom. The van der Waals surface area contributed by atoms with Crippen molar-refractivity contribution in [2.75, 3.05) is 0 Å². The van der Waals surface area contributed by atoms with Gasteiger partial charge < -0.3 is 10.6 Å². The van der Waals surface area contributed by atoms with Crippen LogP contribution in [0, 0.1) is 6.92 Å². The standard InChI is InChI=1S/C26H26F3N5O/c1-5-25(17-8-6-7-15(12-17)16-9-10-30-14(2)11-16)19-18(13-24(3,4)32-23(19)35)31-22-20(25)21(33-34-22)26(27,28)29/h6-12,22,31H,5,13H2,1-4H3,(H,32,35)/t22?,25-/m0/s1. The first-order valence-electron chi connectivity index (χ1n) is 11.6. The van der Waals surface area contributed by atoms with Crippen molar-refractivity contribution in [3.63, 3.8) is 0 Å². The molecule has 0 saturated heterocycles. The molecular weight excluding hydrogens is 455 g/mol. The number of hydrogen-bond donors (Lipinski definition) is 2. The number of benzene rings is 1. The number of pyridine rings is 1. The zero-order valence-corrected chi connectivity index (χ0v) is 19.9. The summed E-state index contributed by atoms with van der Waals surface area (Å²) in [5.74, 6) is -0.380. The van der Waals surface area contributed by atoms with Gasteiger partial charge in [0.05, 0.1) is 11.0 Å². The van der Waals surface area contributed by atoms with Crippen LogP contribution in [0.5, 0.6) is 0 Å². The Balaban J connectivity index is 1.82. The van der Waals surface area contributed by atoms with Gasteiger partial charge in [-0.1, -0.05) is 25.1 Å². The quantitative estimate of drug-likeness (QED) is 0.610. The molecule has 0 spiro atoms. The van der Waals surface area contributed by atoms with Crippen molar-refractivity contribution >= 4 is 5.91 Å². The number of hydrogen-bond acceptors (Lipinski definition) is 5. The number of allylic oxidation sites excluding steroid dienone is 1. The summed E-state index contributed by atoms with van der Waals surface area (Å²) in [5.41, 5.74) is 1.11. The van der Waals surface area contributed by atoms with Crippen molar-refractivity contribution in [3.8, 4) is 11.1 Å². The Labute approximate surface area is 201 Å². The molecule has 9 heteroatoms. The van der Waals surface area contributed by atoms with Crippen LogP contribution in [0.1, 0.15) is 44.9 Å². The van der Waals surface area contributed by atoms with Crippen molar-refractivity contribution < 1.29 is 18.0 Å². The van der Waals surface area contributed by atoms with Gasteiger partial charge in [0, 0.05) is 35.1 Å². The maximum Gasteiger partial charge on any atom is 0.435 e. The van der Waals surface area contributed by atoms with E-state index >= 15 is 0 Å². The van der Waals surface area contributed by atoms with Gasteiger partial charge in [-0.3, -0.25) is 9.78 Å². The number of nitrogens with one attached hydrogen (secondary N) is 2. The second-order valence-electron chi connectivity index (χ2n) is 9.92. The van der Waals surface area contributed by atoms with E-state index in [0.717, 1.165) is 16.8 Å². The summed E-state index contributed by atoms with van der Waals surface area (Å²) in [6, 6.07) is 11.2. The van der Waals surface area contributed by atoms with Gasteiger partial charge in [-0.2, -0.15) is 18.3 Å². The highest BCUT2D eigenvalue weighted by molar-refractivity contribution is 6.00. The maximum absolute atomic E-state index is 14.2. The molecule has 5 rings (SSSR count). The van der Waals surface area contributed by atoms with Crippen molar-refractivity contribution in [2.45, 2.75) is 63.8 Å². The van der Waals surface area contributed by atoms with E-state index in [-0.39, 0.29) is 17.9 Å². The van der Waals surface area contributed by atoms with Crippen molar-refractivity contribution in [3.05, 3.63) is 76.4 Å². The minimum absolute atomic E-state index is 0.0239. The molecule has 0 bridgehead atoms. The van der Waals surface area contributed by atoms with Crippen LogP contribution in [0.4, 0.5) is 13.2 Å². The monoisotopic (exact) mass is 481 g/mol. The fourth-order valence-corrected chi connectivity index (χ4v) is 5.62. The lowest BCUT2D eigenvalue weighted by Gasteiger charge is -2.48. The molecule has 6 nitrogen and oxygen atoms in total. The molecule has 0 aliphatic carbocycles. The second kappa shape index (κ2) is 7.76. The predicted molar refractivity (Wildman–Crippen MR) is 125 cm³/mol. The highest BCUT2D eigenvalue weighted by Crippen LogP contribution is 2.55. The molecule has 4 heterocycles. The number of nitrogens with zero attached hydrogens (tertiary/aromatic N) is 3. The fourth-order valence-electron chi connectivity index (χ4n) is 5.62. The molecule has 3 aliphatic rings. The lowest BCUT2D eigenvalue weighted by Crippen LogP contribution is -2.58. The van der Waals surface area contributed by atoms with Crippen LogP contribution in [-0.4, -0.2) is 28.8 Å². The van der Waals surface area contributed by atoms with Gasteiger partial charge in [-0.05, 0) is 62.1 Å². The van der Waals surface area contributed by atoms with Crippen LogP contribution >= 0.6 is 0 Å². The average Bonchev–Trinajstić information content (AvgIpc) is 3.21. The van der Waals surface area contributed by atoms with Gasteiger partial charge in [-0.15, -0.1) is 5.11 Å². The first-order valence-corrected chi connectivity index (χ1v) is 11.6. The van der Waals surface area contributed by atoms with Gasteiger partial charge in [0.25, 0.3) is 5.91 Å². The SMILES string of the molecule is CC[C@]1(c2cccc(-c3ccnc(C)c3)c2)C2=C(CC(C)(C)NC2=O)NC2N=NC(C(F)(F)F)=C21. The van der Waals surface area contributed by atoms with Gasteiger partial charge in [0.15, 0.2) is 11.9 Å². The van der Waals surface area contributed by atoms with Gasteiger partial charge in [0.1, 0.15) is 0 Å². The Kier molecular flexibility index (Phi) is 5.16. The van der Waals surface area contributed by atoms with Crippen LogP contribution in [0.15, 0.2) is 75.4 Å². The van der Waals surface area contributed by atoms with Crippen LogP contribution in [0.25, 0.3) is 11.1 Å². The first kappa shape index (κ1) is 23.3. The minimum Gasteiger partial charge on any atom is -0.362 e. The van der Waals surface area contributed by atoms with Gasteiger partial charge in [0.2, 0.25) is 0 Å². The van der Waals surface area contributed by atoms with Crippen LogP contribution in [-0.2, 0) is 10.2 Å². The number of azo groups is 1. The summed E-state index contributed by atoms with van der Waals surface area (Å²) in [4.78, 5) is 17.8. The van der Waals surface area contributed by atoms with Crippen LogP contribution < -0.4 is 10.6 Å². The van der Waals surface area contributed by atoms with E-state index in [4.69, 9.17) is 0 Å². The summed E-state index contributed by atoms with van der Waals surface area (Å²) >= 11 is 0. The number of aromatic nitrogens is 1. The van der Waals surface area contributed by atoms with Crippen molar-refractivity contribution in [1.29, 1.82) is 0 Å². The topological polar surface area (TPSA) is 78.7 Å². The normalized spacial score (nSPS) is 25.2. The molecule has 2 atom stereocenters. The highest BCUT2D eigenvalue weighted by atomic mass is 19.4. The molecule has 182 valence electrons. The van der Waals surface area contributed by atoms with E-state index in [2.05, 4.69) is 25.8 Å². The van der Waals surface area contributed by atoms with E-state index in [1.54, 1.807) is 12.3 Å². The van der Waals surface area contributed by atoms with Crippen LogP contribution in [0.3, 0.4) is 0 Å². The zero-order valence-electron chi connectivity index (χ0n) is 19.9. The summed E-state index contributed by atoms with van der Waals surface area (Å²) in [5, 5.41) is 13.7. The Bertz CT molecular complexity index is 1320. The number of halogens is 3. The molecule has 0 fully saturated rings. The van der Waals surface area contributed by atoms with E-state index in [1.165, 1.54) is 0 Å². The third kappa shape index (κ3) is 3.64. The molecule has 1 amide bonds. The van der Waals surface area contributed by atoms with Crippen LogP contribution in [0.2, 0.25) is 0 Å². The highest BCUT2D eigenvalue weighted by Gasteiger charge is 2.57. The number of alkyl halides is 3. The second-order valence-corrected chi connectivity index (χ2v) is 9.92. The molecule has 1 aromatic carbocycles. The fraction of sp³-hybridized carbons (Fsp3) is 0.385. The van der Waals surface area contributed by atoms with E-state index < -0.39 is 29.0 Å². The number of carbonyl (C=O) groups excluding carboxylic acids is 1. The number of aryl methyl sites for hydroxylation is 1. The Morgan fingerprint density at radius 3 is 2.57 bits per heavy atom. The van der Waals surface area contributed by atoms with Crippen molar-refractivity contribution in [1.82, 2.24) is 15.6 Å². The third-order valence-electron chi connectivity index (χ3n) is 6.98. The lowest BCUT2D eigenvalue weighted by atomic mass is 9.61. The lowest BCUT2D eigenvalue weighted by molar-refractivity contribution is -0.120. The predicted octanol–water partition coefficient (Wildman–Crippen LogP) is 5.47. The summed E-state index contributed by atoms with van der Waals surface area (Å²) in [6.45, 7) is 7.46. The Morgan fingerprint density at radius 1 is 1.14 bits per heavy atom. The zero-order chi connectivity index (χ0) is 25.2. The largest absolute Gasteiger partial charge is 0.435 e. The number of fused-ring (bicyclic) bond motifs is 1. The molecule has 1 aromatic heterocycles.